The lowest BCUT2D eigenvalue weighted by molar-refractivity contribution is -0.142. The first-order valence-corrected chi connectivity index (χ1v) is 6.55. The number of hydrogen-bond donors (Lipinski definition) is 1. The summed E-state index contributed by atoms with van der Waals surface area (Å²) in [7, 11) is 0. The molecule has 0 radical (unpaired) electrons. The van der Waals surface area contributed by atoms with E-state index in [1.54, 1.807) is 13.2 Å². The Morgan fingerprint density at radius 1 is 1.56 bits per heavy atom. The molecule has 7 heteroatoms. The highest BCUT2D eigenvalue weighted by atomic mass is 32.2. The van der Waals surface area contributed by atoms with E-state index in [-0.39, 0.29) is 23.6 Å². The third kappa shape index (κ3) is 3.21. The van der Waals surface area contributed by atoms with Gasteiger partial charge in [-0.2, -0.15) is 0 Å². The molecule has 0 aromatic carbocycles. The van der Waals surface area contributed by atoms with Crippen molar-refractivity contribution in [3.05, 3.63) is 10.6 Å². The van der Waals surface area contributed by atoms with Gasteiger partial charge < -0.3 is 9.84 Å². The van der Waals surface area contributed by atoms with Crippen LogP contribution in [0.3, 0.4) is 0 Å². The molecule has 1 rings (SSSR count). The van der Waals surface area contributed by atoms with E-state index in [0.29, 0.717) is 4.34 Å². The van der Waals surface area contributed by atoms with Gasteiger partial charge in [0.15, 0.2) is 4.34 Å². The van der Waals surface area contributed by atoms with Crippen LogP contribution in [-0.4, -0.2) is 34.9 Å². The summed E-state index contributed by atoms with van der Waals surface area (Å²) < 4.78 is 5.39. The van der Waals surface area contributed by atoms with Gasteiger partial charge >= 0.3 is 11.9 Å². The van der Waals surface area contributed by atoms with Crippen molar-refractivity contribution >= 4 is 35.0 Å². The third-order valence-electron chi connectivity index (χ3n) is 1.66. The molecule has 0 saturated carbocycles. The summed E-state index contributed by atoms with van der Waals surface area (Å²) >= 11 is 2.43. The molecular weight excluding hydrogens is 250 g/mol. The molecule has 0 bridgehead atoms. The summed E-state index contributed by atoms with van der Waals surface area (Å²) in [6.45, 7) is 1.98. The lowest BCUT2D eigenvalue weighted by atomic mass is 10.3. The van der Waals surface area contributed by atoms with Crippen molar-refractivity contribution in [2.24, 2.45) is 0 Å². The van der Waals surface area contributed by atoms with Gasteiger partial charge in [0.1, 0.15) is 4.88 Å². The van der Waals surface area contributed by atoms with Gasteiger partial charge in [-0.3, -0.25) is 4.79 Å². The number of rotatable bonds is 5. The van der Waals surface area contributed by atoms with Gasteiger partial charge in [0.05, 0.1) is 18.7 Å². The minimum absolute atomic E-state index is 0.0907. The van der Waals surface area contributed by atoms with Crippen molar-refractivity contribution in [2.45, 2.75) is 17.7 Å². The van der Waals surface area contributed by atoms with Crippen molar-refractivity contribution in [3.8, 4) is 0 Å². The highest BCUT2D eigenvalue weighted by Gasteiger charge is 2.19. The van der Waals surface area contributed by atoms with Crippen LogP contribution in [0, 0.1) is 0 Å². The van der Waals surface area contributed by atoms with Gasteiger partial charge in [0.25, 0.3) is 0 Å². The molecule has 1 heterocycles. The van der Waals surface area contributed by atoms with E-state index in [9.17, 15) is 9.59 Å². The van der Waals surface area contributed by atoms with Crippen LogP contribution >= 0.6 is 23.1 Å². The van der Waals surface area contributed by atoms with E-state index in [0.717, 1.165) is 11.3 Å². The molecule has 0 spiro atoms. The van der Waals surface area contributed by atoms with Crippen LogP contribution in [0.1, 0.15) is 22.3 Å². The molecule has 16 heavy (non-hydrogen) atoms. The maximum absolute atomic E-state index is 11.2. The molecule has 0 atom stereocenters. The summed E-state index contributed by atoms with van der Waals surface area (Å²) in [4.78, 5) is 26.3. The molecule has 0 aliphatic rings. The predicted molar refractivity (Wildman–Crippen MR) is 61.2 cm³/mol. The van der Waals surface area contributed by atoms with Crippen LogP contribution in [0.25, 0.3) is 0 Å². The maximum atomic E-state index is 11.2. The number of aromatic carboxylic acids is 1. The van der Waals surface area contributed by atoms with Crippen LogP contribution < -0.4 is 0 Å². The second-order valence-corrected chi connectivity index (χ2v) is 4.80. The fourth-order valence-electron chi connectivity index (χ4n) is 1.05. The summed E-state index contributed by atoms with van der Waals surface area (Å²) in [5, 5.41) is 8.93. The Morgan fingerprint density at radius 3 is 2.75 bits per heavy atom. The van der Waals surface area contributed by atoms with Gasteiger partial charge in [-0.15, -0.1) is 11.3 Å². The molecule has 0 aliphatic heterocycles. The number of nitrogens with zero attached hydrogens (tertiary/aromatic N) is 1. The number of carboxylic acids is 1. The molecule has 1 aromatic heterocycles. The SMILES string of the molecule is CCOC(=O)Cc1nc(SC)sc1C(=O)O. The van der Waals surface area contributed by atoms with E-state index < -0.39 is 11.9 Å². The van der Waals surface area contributed by atoms with E-state index in [2.05, 4.69) is 4.98 Å². The van der Waals surface area contributed by atoms with Crippen molar-refractivity contribution in [1.82, 2.24) is 4.98 Å². The summed E-state index contributed by atoms with van der Waals surface area (Å²) in [5.41, 5.74) is 0.278. The van der Waals surface area contributed by atoms with Crippen molar-refractivity contribution in [1.29, 1.82) is 0 Å². The van der Waals surface area contributed by atoms with Gasteiger partial charge in [-0.25, -0.2) is 9.78 Å². The molecule has 0 unspecified atom stereocenters. The second-order valence-electron chi connectivity index (χ2n) is 2.75. The minimum atomic E-state index is -1.06. The first-order chi connectivity index (χ1) is 7.58. The van der Waals surface area contributed by atoms with Crippen LogP contribution in [0.15, 0.2) is 4.34 Å². The Kier molecular flexibility index (Phi) is 4.75. The number of aromatic nitrogens is 1. The summed E-state index contributed by atoms with van der Waals surface area (Å²) in [5.74, 6) is -1.51. The van der Waals surface area contributed by atoms with Crippen molar-refractivity contribution < 1.29 is 19.4 Å². The number of ether oxygens (including phenoxy) is 1. The first-order valence-electron chi connectivity index (χ1n) is 4.51. The van der Waals surface area contributed by atoms with Gasteiger partial charge in [0.2, 0.25) is 0 Å². The Morgan fingerprint density at radius 2 is 2.25 bits per heavy atom. The minimum Gasteiger partial charge on any atom is -0.477 e. The Labute approximate surface area is 101 Å². The van der Waals surface area contributed by atoms with E-state index in [4.69, 9.17) is 9.84 Å². The number of carbonyl (C=O) groups excluding carboxylic acids is 1. The zero-order valence-electron chi connectivity index (χ0n) is 8.85. The van der Waals surface area contributed by atoms with E-state index in [1.807, 2.05) is 0 Å². The first kappa shape index (κ1) is 13.0. The Balaban J connectivity index is 2.89. The normalized spacial score (nSPS) is 10.1. The smallest absolute Gasteiger partial charge is 0.347 e. The largest absolute Gasteiger partial charge is 0.477 e. The summed E-state index contributed by atoms with van der Waals surface area (Å²) in [6.07, 6.45) is 1.71. The lowest BCUT2D eigenvalue weighted by Crippen LogP contribution is -2.10. The van der Waals surface area contributed by atoms with E-state index >= 15 is 0 Å². The summed E-state index contributed by atoms with van der Waals surface area (Å²) in [6, 6.07) is 0. The number of hydrogen-bond acceptors (Lipinski definition) is 6. The molecule has 1 N–H and O–H groups in total. The molecule has 1 aromatic rings. The number of carboxylic acid groups (broad SMARTS) is 1. The number of esters is 1. The average molecular weight is 261 g/mol. The monoisotopic (exact) mass is 261 g/mol. The average Bonchev–Trinajstić information content (AvgIpc) is 2.61. The molecule has 88 valence electrons. The van der Waals surface area contributed by atoms with Crippen LogP contribution in [0.2, 0.25) is 0 Å². The Hall–Kier alpha value is -1.08. The fourth-order valence-corrected chi connectivity index (χ4v) is 2.49. The highest BCUT2D eigenvalue weighted by Crippen LogP contribution is 2.26. The standard InChI is InChI=1S/C9H11NO4S2/c1-3-14-6(11)4-5-7(8(12)13)16-9(10-5)15-2/h3-4H2,1-2H3,(H,12,13). The Bertz CT molecular complexity index is 402. The second kappa shape index (κ2) is 5.86. The fraction of sp³-hybridized carbons (Fsp3) is 0.444. The third-order valence-corrected chi connectivity index (χ3v) is 3.73. The molecule has 0 fully saturated rings. The number of thiazole rings is 1. The van der Waals surface area contributed by atoms with Gasteiger partial charge in [-0.05, 0) is 13.2 Å². The predicted octanol–water partition coefficient (Wildman–Crippen LogP) is 1.67. The molecule has 0 saturated heterocycles. The molecule has 5 nitrogen and oxygen atoms in total. The van der Waals surface area contributed by atoms with E-state index in [1.165, 1.54) is 11.8 Å². The van der Waals surface area contributed by atoms with Crippen molar-refractivity contribution in [2.75, 3.05) is 12.9 Å². The number of thioether (sulfide) groups is 1. The molecule has 0 amide bonds. The number of carbonyl (C=O) groups is 2. The topological polar surface area (TPSA) is 76.5 Å². The van der Waals surface area contributed by atoms with Crippen LogP contribution in [-0.2, 0) is 16.0 Å². The van der Waals surface area contributed by atoms with Crippen molar-refractivity contribution in [3.63, 3.8) is 0 Å². The zero-order chi connectivity index (χ0) is 12.1. The van der Waals surface area contributed by atoms with Gasteiger partial charge in [0, 0.05) is 0 Å². The molecule has 0 aliphatic carbocycles. The zero-order valence-corrected chi connectivity index (χ0v) is 10.5. The molecular formula is C9H11NO4S2. The van der Waals surface area contributed by atoms with Gasteiger partial charge in [-0.1, -0.05) is 11.8 Å². The van der Waals surface area contributed by atoms with Crippen LogP contribution in [0.5, 0.6) is 0 Å². The maximum Gasteiger partial charge on any atom is 0.347 e. The quantitative estimate of drug-likeness (QED) is 0.641. The lowest BCUT2D eigenvalue weighted by Gasteiger charge is -1.99. The van der Waals surface area contributed by atoms with Crippen LogP contribution in [0.4, 0.5) is 0 Å². The highest BCUT2D eigenvalue weighted by molar-refractivity contribution is 8.00.